The number of aliphatic carboxylic acids is 2. The largest absolute Gasteiger partial charge is 0.480 e. The zero-order valence-corrected chi connectivity index (χ0v) is 14.4. The van der Waals surface area contributed by atoms with Crippen LogP contribution >= 0.6 is 0 Å². The van der Waals surface area contributed by atoms with Gasteiger partial charge < -0.3 is 15.3 Å². The van der Waals surface area contributed by atoms with E-state index in [2.05, 4.69) is 6.92 Å². The van der Waals surface area contributed by atoms with Gasteiger partial charge >= 0.3 is 11.9 Å². The van der Waals surface area contributed by atoms with Crippen LogP contribution in [0.4, 0.5) is 0 Å². The van der Waals surface area contributed by atoms with Crippen LogP contribution in [0.2, 0.25) is 0 Å². The second-order valence-electron chi connectivity index (χ2n) is 6.06. The lowest BCUT2D eigenvalue weighted by molar-refractivity contribution is -0.146. The maximum absolute atomic E-state index is 11.3. The molecule has 0 rings (SSSR count). The van der Waals surface area contributed by atoms with Crippen molar-refractivity contribution >= 4 is 11.9 Å². The van der Waals surface area contributed by atoms with E-state index in [0.717, 1.165) is 19.3 Å². The van der Waals surface area contributed by atoms with E-state index in [1.54, 1.807) is 0 Å². The third-order valence-corrected chi connectivity index (χ3v) is 4.03. The van der Waals surface area contributed by atoms with Crippen molar-refractivity contribution in [2.45, 2.75) is 77.2 Å². The first-order valence-corrected chi connectivity index (χ1v) is 8.82. The molecule has 0 aliphatic rings. The molecule has 23 heavy (non-hydrogen) atoms. The van der Waals surface area contributed by atoms with Gasteiger partial charge in [0.15, 0.2) is 0 Å². The normalized spacial score (nSPS) is 12.5. The van der Waals surface area contributed by atoms with Gasteiger partial charge in [0.05, 0.1) is 13.2 Å². The van der Waals surface area contributed by atoms with Crippen molar-refractivity contribution in [3.8, 4) is 0 Å². The molecule has 0 amide bonds. The summed E-state index contributed by atoms with van der Waals surface area (Å²) in [5.74, 6) is -2.09. The SMILES string of the molecule is CCCCCCCCCCCC(C(=O)O)N(CCO)CC(=O)O. The summed E-state index contributed by atoms with van der Waals surface area (Å²) in [6.07, 6.45) is 10.8. The summed E-state index contributed by atoms with van der Waals surface area (Å²) in [5.41, 5.74) is 0. The fourth-order valence-electron chi connectivity index (χ4n) is 2.76. The minimum Gasteiger partial charge on any atom is -0.480 e. The van der Waals surface area contributed by atoms with Gasteiger partial charge in [0.1, 0.15) is 6.04 Å². The molecule has 0 aromatic rings. The average molecular weight is 331 g/mol. The predicted molar refractivity (Wildman–Crippen MR) is 89.6 cm³/mol. The zero-order chi connectivity index (χ0) is 17.5. The number of rotatable bonds is 16. The molecule has 0 aliphatic heterocycles. The Bertz CT molecular complexity index is 322. The molecule has 3 N–H and O–H groups in total. The molecule has 1 atom stereocenters. The Morgan fingerprint density at radius 2 is 1.43 bits per heavy atom. The van der Waals surface area contributed by atoms with Crippen LogP contribution in [-0.2, 0) is 9.59 Å². The summed E-state index contributed by atoms with van der Waals surface area (Å²) in [4.78, 5) is 23.5. The van der Waals surface area contributed by atoms with Crippen LogP contribution in [0.25, 0.3) is 0 Å². The third-order valence-electron chi connectivity index (χ3n) is 4.03. The van der Waals surface area contributed by atoms with Crippen molar-refractivity contribution < 1.29 is 24.9 Å². The first-order chi connectivity index (χ1) is 11.0. The van der Waals surface area contributed by atoms with E-state index in [1.807, 2.05) is 0 Å². The third kappa shape index (κ3) is 12.0. The van der Waals surface area contributed by atoms with Gasteiger partial charge in [0.25, 0.3) is 0 Å². The topological polar surface area (TPSA) is 98.1 Å². The molecule has 0 bridgehead atoms. The number of nitrogens with zero attached hydrogens (tertiary/aromatic N) is 1. The van der Waals surface area contributed by atoms with Gasteiger partial charge in [-0.3, -0.25) is 14.5 Å². The number of aliphatic hydroxyl groups excluding tert-OH is 1. The van der Waals surface area contributed by atoms with Gasteiger partial charge in [-0.25, -0.2) is 0 Å². The monoisotopic (exact) mass is 331 g/mol. The van der Waals surface area contributed by atoms with E-state index in [0.29, 0.717) is 6.42 Å². The van der Waals surface area contributed by atoms with Crippen molar-refractivity contribution in [1.82, 2.24) is 4.90 Å². The molecule has 0 aromatic heterocycles. The number of unbranched alkanes of at least 4 members (excludes halogenated alkanes) is 8. The van der Waals surface area contributed by atoms with Crippen LogP contribution in [0.1, 0.15) is 71.1 Å². The minimum absolute atomic E-state index is 0.0701. The summed E-state index contributed by atoms with van der Waals surface area (Å²) in [6.45, 7) is 1.67. The number of carboxylic acids is 2. The Morgan fingerprint density at radius 3 is 1.87 bits per heavy atom. The van der Waals surface area contributed by atoms with E-state index in [9.17, 15) is 14.7 Å². The highest BCUT2D eigenvalue weighted by molar-refractivity contribution is 5.75. The maximum atomic E-state index is 11.3. The first-order valence-electron chi connectivity index (χ1n) is 8.82. The van der Waals surface area contributed by atoms with Crippen LogP contribution < -0.4 is 0 Å². The van der Waals surface area contributed by atoms with Crippen LogP contribution in [-0.4, -0.2) is 57.9 Å². The van der Waals surface area contributed by atoms with Gasteiger partial charge in [-0.1, -0.05) is 64.7 Å². The number of carboxylic acid groups (broad SMARTS) is 2. The van der Waals surface area contributed by atoms with E-state index >= 15 is 0 Å². The maximum Gasteiger partial charge on any atom is 0.320 e. The highest BCUT2D eigenvalue weighted by Crippen LogP contribution is 2.14. The van der Waals surface area contributed by atoms with E-state index in [4.69, 9.17) is 10.2 Å². The Hall–Kier alpha value is -1.14. The minimum atomic E-state index is -1.07. The van der Waals surface area contributed by atoms with Gasteiger partial charge in [-0.15, -0.1) is 0 Å². The van der Waals surface area contributed by atoms with Crippen molar-refractivity contribution in [3.05, 3.63) is 0 Å². The first kappa shape index (κ1) is 21.9. The molecule has 0 spiro atoms. The molecule has 6 nitrogen and oxygen atoms in total. The number of hydrogen-bond acceptors (Lipinski definition) is 4. The molecule has 1 unspecified atom stereocenters. The molecule has 6 heteroatoms. The molecule has 0 saturated carbocycles. The van der Waals surface area contributed by atoms with Crippen molar-refractivity contribution in [3.63, 3.8) is 0 Å². The van der Waals surface area contributed by atoms with E-state index in [-0.39, 0.29) is 19.7 Å². The van der Waals surface area contributed by atoms with Crippen LogP contribution in [0.15, 0.2) is 0 Å². The van der Waals surface area contributed by atoms with Gasteiger partial charge in [-0.05, 0) is 6.42 Å². The zero-order valence-electron chi connectivity index (χ0n) is 14.4. The Labute approximate surface area is 139 Å². The van der Waals surface area contributed by atoms with Gasteiger partial charge in [0, 0.05) is 6.54 Å². The summed E-state index contributed by atoms with van der Waals surface area (Å²) < 4.78 is 0. The van der Waals surface area contributed by atoms with Crippen LogP contribution in [0, 0.1) is 0 Å². The molecule has 0 fully saturated rings. The molecule has 0 radical (unpaired) electrons. The number of aliphatic hydroxyl groups is 1. The Kier molecular flexibility index (Phi) is 13.7. The van der Waals surface area contributed by atoms with Crippen LogP contribution in [0.5, 0.6) is 0 Å². The summed E-state index contributed by atoms with van der Waals surface area (Å²) in [6, 6.07) is -0.831. The molecule has 136 valence electrons. The van der Waals surface area contributed by atoms with Crippen molar-refractivity contribution in [2.75, 3.05) is 19.7 Å². The molecule has 0 saturated heterocycles. The quantitative estimate of drug-likeness (QED) is 0.376. The average Bonchev–Trinajstić information content (AvgIpc) is 2.48. The van der Waals surface area contributed by atoms with E-state index < -0.39 is 18.0 Å². The Balaban J connectivity index is 3.99. The molecule has 0 heterocycles. The number of carbonyl (C=O) groups is 2. The standard InChI is InChI=1S/C17H33NO5/c1-2-3-4-5-6-7-8-9-10-11-15(17(22)23)18(12-13-19)14-16(20)21/h15,19H,2-14H2,1H3,(H,20,21)(H,22,23). The lowest BCUT2D eigenvalue weighted by Gasteiger charge is -2.26. The van der Waals surface area contributed by atoms with Crippen molar-refractivity contribution in [2.24, 2.45) is 0 Å². The fraction of sp³-hybridized carbons (Fsp3) is 0.882. The molecular weight excluding hydrogens is 298 g/mol. The summed E-state index contributed by atoms with van der Waals surface area (Å²) >= 11 is 0. The smallest absolute Gasteiger partial charge is 0.320 e. The van der Waals surface area contributed by atoms with Crippen LogP contribution in [0.3, 0.4) is 0 Å². The summed E-state index contributed by atoms with van der Waals surface area (Å²) in [5, 5.41) is 27.1. The highest BCUT2D eigenvalue weighted by atomic mass is 16.4. The highest BCUT2D eigenvalue weighted by Gasteiger charge is 2.26. The lowest BCUT2D eigenvalue weighted by Crippen LogP contribution is -2.45. The predicted octanol–water partition coefficient (Wildman–Crippen LogP) is 2.74. The Morgan fingerprint density at radius 1 is 0.913 bits per heavy atom. The molecule has 0 aliphatic carbocycles. The van der Waals surface area contributed by atoms with Crippen molar-refractivity contribution in [1.29, 1.82) is 0 Å². The molecule has 0 aromatic carbocycles. The second kappa shape index (κ2) is 14.5. The van der Waals surface area contributed by atoms with Gasteiger partial charge in [-0.2, -0.15) is 0 Å². The second-order valence-corrected chi connectivity index (χ2v) is 6.06. The number of hydrogen-bond donors (Lipinski definition) is 3. The fourth-order valence-corrected chi connectivity index (χ4v) is 2.76. The molecular formula is C17H33NO5. The summed E-state index contributed by atoms with van der Waals surface area (Å²) in [7, 11) is 0. The lowest BCUT2D eigenvalue weighted by atomic mass is 10.0. The van der Waals surface area contributed by atoms with E-state index in [1.165, 1.54) is 43.4 Å². The van der Waals surface area contributed by atoms with Gasteiger partial charge in [0.2, 0.25) is 0 Å².